The highest BCUT2D eigenvalue weighted by molar-refractivity contribution is 7.15. The molecule has 9 heteroatoms. The van der Waals surface area contributed by atoms with Crippen LogP contribution in [0.5, 0.6) is 10.9 Å². The highest BCUT2D eigenvalue weighted by atomic mass is 35.5. The molecule has 2 aromatic rings. The van der Waals surface area contributed by atoms with E-state index < -0.39 is 10.9 Å². The molecule has 0 saturated carbocycles. The van der Waals surface area contributed by atoms with E-state index in [1.165, 1.54) is 18.2 Å². The number of aromatic carboxylic acids is 1. The van der Waals surface area contributed by atoms with Gasteiger partial charge in [0, 0.05) is 11.6 Å². The van der Waals surface area contributed by atoms with Crippen LogP contribution in [-0.4, -0.2) is 21.0 Å². The van der Waals surface area contributed by atoms with Crippen LogP contribution >= 0.6 is 22.9 Å². The van der Waals surface area contributed by atoms with Crippen molar-refractivity contribution in [3.05, 3.63) is 43.9 Å². The van der Waals surface area contributed by atoms with Crippen LogP contribution in [0.15, 0.2) is 18.2 Å². The molecule has 1 aromatic heterocycles. The Morgan fingerprint density at radius 2 is 2.25 bits per heavy atom. The van der Waals surface area contributed by atoms with Crippen molar-refractivity contribution >= 4 is 34.6 Å². The van der Waals surface area contributed by atoms with Gasteiger partial charge >= 0.3 is 5.97 Å². The fourth-order valence-electron chi connectivity index (χ4n) is 1.46. The van der Waals surface area contributed by atoms with E-state index in [-0.39, 0.29) is 20.9 Å². The minimum atomic E-state index is -1.19. The van der Waals surface area contributed by atoms with Crippen molar-refractivity contribution in [2.75, 3.05) is 0 Å². The van der Waals surface area contributed by atoms with E-state index >= 15 is 0 Å². The molecule has 0 saturated heterocycles. The third-order valence-electron chi connectivity index (χ3n) is 2.33. The number of thiazole rings is 1. The highest BCUT2D eigenvalue weighted by Crippen LogP contribution is 2.33. The van der Waals surface area contributed by atoms with Gasteiger partial charge in [-0.25, -0.2) is 4.79 Å². The van der Waals surface area contributed by atoms with Gasteiger partial charge in [-0.15, -0.1) is 0 Å². The summed E-state index contributed by atoms with van der Waals surface area (Å²) in [4.78, 5) is 24.6. The van der Waals surface area contributed by atoms with E-state index in [2.05, 4.69) is 4.98 Å². The molecule has 0 fully saturated rings. The monoisotopic (exact) mass is 314 g/mol. The zero-order valence-corrected chi connectivity index (χ0v) is 11.6. The molecule has 0 aliphatic rings. The van der Waals surface area contributed by atoms with Crippen LogP contribution in [-0.2, 0) is 0 Å². The van der Waals surface area contributed by atoms with Crippen molar-refractivity contribution in [1.29, 1.82) is 0 Å². The third-order valence-corrected chi connectivity index (χ3v) is 3.64. The van der Waals surface area contributed by atoms with E-state index in [1.807, 2.05) is 0 Å². The molecule has 0 bridgehead atoms. The zero-order valence-electron chi connectivity index (χ0n) is 9.99. The van der Waals surface area contributed by atoms with E-state index in [4.69, 9.17) is 21.4 Å². The first-order chi connectivity index (χ1) is 9.38. The number of benzene rings is 1. The van der Waals surface area contributed by atoms with Gasteiger partial charge in [0.25, 0.3) is 10.9 Å². The van der Waals surface area contributed by atoms with Crippen molar-refractivity contribution in [1.82, 2.24) is 4.98 Å². The first-order valence-corrected chi connectivity index (χ1v) is 6.40. The van der Waals surface area contributed by atoms with Gasteiger partial charge in [-0.2, -0.15) is 4.98 Å². The Labute approximate surface area is 121 Å². The van der Waals surface area contributed by atoms with E-state index in [1.54, 1.807) is 6.92 Å². The molecule has 0 aliphatic heterocycles. The van der Waals surface area contributed by atoms with Crippen molar-refractivity contribution in [2.24, 2.45) is 0 Å². The molecule has 20 heavy (non-hydrogen) atoms. The average molecular weight is 315 g/mol. The molecule has 0 spiro atoms. The molecule has 0 radical (unpaired) electrons. The summed E-state index contributed by atoms with van der Waals surface area (Å²) in [5, 5.41) is 19.4. The predicted molar refractivity (Wildman–Crippen MR) is 72.0 cm³/mol. The second kappa shape index (κ2) is 5.43. The normalized spacial score (nSPS) is 10.3. The maximum absolute atomic E-state index is 10.8. The van der Waals surface area contributed by atoms with Gasteiger partial charge < -0.3 is 9.84 Å². The molecule has 0 unspecified atom stereocenters. The summed E-state index contributed by atoms with van der Waals surface area (Å²) in [5.41, 5.74) is 0.398. The van der Waals surface area contributed by atoms with Gasteiger partial charge in [-0.05, 0) is 19.1 Å². The summed E-state index contributed by atoms with van der Waals surface area (Å²) in [6.45, 7) is 1.57. The lowest BCUT2D eigenvalue weighted by Crippen LogP contribution is -1.92. The summed E-state index contributed by atoms with van der Waals surface area (Å²) >= 11 is 6.43. The first-order valence-electron chi connectivity index (χ1n) is 5.21. The molecular formula is C11H7ClN2O5S. The number of ether oxygens (including phenoxy) is 1. The summed E-state index contributed by atoms with van der Waals surface area (Å²) in [5.74, 6) is -0.877. The third kappa shape index (κ3) is 2.86. The molecule has 0 amide bonds. The topological polar surface area (TPSA) is 103 Å². The van der Waals surface area contributed by atoms with Crippen molar-refractivity contribution < 1.29 is 19.6 Å². The number of carboxylic acids is 1. The summed E-state index contributed by atoms with van der Waals surface area (Å²) in [7, 11) is 0. The number of hydrogen-bond acceptors (Lipinski definition) is 6. The maximum atomic E-state index is 10.8. The number of halogens is 1. The van der Waals surface area contributed by atoms with Crippen LogP contribution in [0.4, 0.5) is 5.69 Å². The number of aryl methyl sites for hydroxylation is 1. The van der Waals surface area contributed by atoms with Crippen LogP contribution in [0.1, 0.15) is 15.2 Å². The van der Waals surface area contributed by atoms with Crippen LogP contribution in [0.25, 0.3) is 0 Å². The SMILES string of the molecule is Cc1cc(Oc2nc(Cl)c(C(=O)O)s2)ccc1[N+](=O)[O-]. The number of nitro benzene ring substituents is 1. The van der Waals surface area contributed by atoms with Gasteiger partial charge in [-0.1, -0.05) is 22.9 Å². The Kier molecular flexibility index (Phi) is 3.86. The van der Waals surface area contributed by atoms with Crippen molar-refractivity contribution in [2.45, 2.75) is 6.92 Å². The van der Waals surface area contributed by atoms with Crippen LogP contribution in [0, 0.1) is 17.0 Å². The van der Waals surface area contributed by atoms with Crippen LogP contribution in [0.3, 0.4) is 0 Å². The summed E-state index contributed by atoms with van der Waals surface area (Å²) < 4.78 is 5.34. The molecule has 1 heterocycles. The van der Waals surface area contributed by atoms with Crippen LogP contribution in [0.2, 0.25) is 5.15 Å². The Balaban J connectivity index is 2.26. The van der Waals surface area contributed by atoms with E-state index in [0.29, 0.717) is 11.3 Å². The lowest BCUT2D eigenvalue weighted by atomic mass is 10.2. The van der Waals surface area contributed by atoms with Crippen molar-refractivity contribution in [3.8, 4) is 10.9 Å². The van der Waals surface area contributed by atoms with Crippen LogP contribution < -0.4 is 4.74 Å². The van der Waals surface area contributed by atoms with Gasteiger partial charge in [-0.3, -0.25) is 10.1 Å². The number of carboxylic acid groups (broad SMARTS) is 1. The quantitative estimate of drug-likeness (QED) is 0.684. The Morgan fingerprint density at radius 1 is 1.55 bits per heavy atom. The van der Waals surface area contributed by atoms with Gasteiger partial charge in [0.05, 0.1) is 4.92 Å². The number of carbonyl (C=O) groups is 1. The van der Waals surface area contributed by atoms with Gasteiger partial charge in [0.1, 0.15) is 5.75 Å². The minimum Gasteiger partial charge on any atom is -0.477 e. The number of nitrogens with zero attached hydrogens (tertiary/aromatic N) is 2. The number of nitro groups is 1. The molecule has 2 rings (SSSR count). The summed E-state index contributed by atoms with van der Waals surface area (Å²) in [6, 6.07) is 4.17. The fraction of sp³-hybridized carbons (Fsp3) is 0.0909. The molecule has 7 nitrogen and oxygen atoms in total. The molecule has 0 aliphatic carbocycles. The highest BCUT2D eigenvalue weighted by Gasteiger charge is 2.18. The fourth-order valence-corrected chi connectivity index (χ4v) is 2.45. The standard InChI is InChI=1S/C11H7ClN2O5S/c1-5-4-6(2-3-7(5)14(17)18)19-11-13-9(12)8(20-11)10(15)16/h2-4H,1H3,(H,15,16). The molecular weight excluding hydrogens is 308 g/mol. The number of rotatable bonds is 4. The smallest absolute Gasteiger partial charge is 0.349 e. The Hall–Kier alpha value is -2.19. The second-order valence-electron chi connectivity index (χ2n) is 3.71. The lowest BCUT2D eigenvalue weighted by molar-refractivity contribution is -0.385. The van der Waals surface area contributed by atoms with Gasteiger partial charge in [0.15, 0.2) is 10.0 Å². The predicted octanol–water partition coefficient (Wildman–Crippen LogP) is 3.50. The minimum absolute atomic E-state index is 0.0271. The average Bonchev–Trinajstić information content (AvgIpc) is 2.70. The maximum Gasteiger partial charge on any atom is 0.349 e. The summed E-state index contributed by atoms with van der Waals surface area (Å²) in [6.07, 6.45) is 0. The molecule has 0 atom stereocenters. The van der Waals surface area contributed by atoms with E-state index in [9.17, 15) is 14.9 Å². The van der Waals surface area contributed by atoms with Crippen molar-refractivity contribution in [3.63, 3.8) is 0 Å². The second-order valence-corrected chi connectivity index (χ2v) is 5.03. The largest absolute Gasteiger partial charge is 0.477 e. The molecule has 104 valence electrons. The Morgan fingerprint density at radius 3 is 2.75 bits per heavy atom. The number of hydrogen-bond donors (Lipinski definition) is 1. The lowest BCUT2D eigenvalue weighted by Gasteiger charge is -2.02. The zero-order chi connectivity index (χ0) is 14.9. The van der Waals surface area contributed by atoms with E-state index in [0.717, 1.165) is 11.3 Å². The Bertz CT molecular complexity index is 700. The first kappa shape index (κ1) is 14.2. The molecule has 1 aromatic carbocycles. The van der Waals surface area contributed by atoms with Gasteiger partial charge in [0.2, 0.25) is 0 Å². The molecule has 1 N–H and O–H groups in total. The number of aromatic nitrogens is 1.